The number of anilines is 1. The maximum absolute atomic E-state index is 14.1. The third-order valence-electron chi connectivity index (χ3n) is 4.92. The third-order valence-corrected chi connectivity index (χ3v) is 4.92. The molecule has 156 valence electrons. The molecule has 3 aromatic heterocycles. The Morgan fingerprint density at radius 3 is 2.53 bits per heavy atom. The fourth-order valence-corrected chi connectivity index (χ4v) is 3.41. The number of aromatic nitrogens is 7. The zero-order chi connectivity index (χ0) is 21.8. The van der Waals surface area contributed by atoms with Gasteiger partial charge in [-0.1, -0.05) is 12.1 Å². The average molecular weight is 418 g/mol. The summed E-state index contributed by atoms with van der Waals surface area (Å²) in [7, 11) is 1.23. The van der Waals surface area contributed by atoms with Crippen LogP contribution in [-0.4, -0.2) is 45.9 Å². The molecule has 0 bridgehead atoms. The number of benzene rings is 1. The summed E-state index contributed by atoms with van der Waals surface area (Å²) in [5, 5.41) is 20.9. The van der Waals surface area contributed by atoms with Crippen LogP contribution in [0.3, 0.4) is 0 Å². The van der Waals surface area contributed by atoms with Gasteiger partial charge in [0.25, 0.3) is 0 Å². The van der Waals surface area contributed by atoms with Crippen molar-refractivity contribution in [1.29, 1.82) is 0 Å². The molecule has 12 heteroatoms. The summed E-state index contributed by atoms with van der Waals surface area (Å²) in [6, 6.07) is 3.94. The van der Waals surface area contributed by atoms with Crippen molar-refractivity contribution < 1.29 is 18.3 Å². The van der Waals surface area contributed by atoms with E-state index >= 15 is 0 Å². The van der Waals surface area contributed by atoms with Crippen LogP contribution < -0.4 is 5.73 Å². The van der Waals surface area contributed by atoms with E-state index in [0.29, 0.717) is 28.2 Å². The number of nitrogens with two attached hydrogens (primary N) is 1. The lowest BCUT2D eigenvalue weighted by Gasteiger charge is -2.29. The number of hydrogen-bond acceptors (Lipinski definition) is 7. The highest BCUT2D eigenvalue weighted by molar-refractivity contribution is 5.72. The second-order valence-corrected chi connectivity index (χ2v) is 6.97. The van der Waals surface area contributed by atoms with Gasteiger partial charge in [0, 0.05) is 24.4 Å². The van der Waals surface area contributed by atoms with E-state index in [1.54, 1.807) is 24.4 Å². The lowest BCUT2D eigenvalue weighted by molar-refractivity contribution is -0.252. The fourth-order valence-electron chi connectivity index (χ4n) is 3.41. The summed E-state index contributed by atoms with van der Waals surface area (Å²) >= 11 is 0. The van der Waals surface area contributed by atoms with Crippen molar-refractivity contribution in [2.75, 3.05) is 5.73 Å². The number of fused-ring (bicyclic) bond motifs is 1. The van der Waals surface area contributed by atoms with Crippen molar-refractivity contribution in [3.63, 3.8) is 0 Å². The van der Waals surface area contributed by atoms with Gasteiger partial charge in [-0.15, -0.1) is 5.10 Å². The Labute approximate surface area is 168 Å². The van der Waals surface area contributed by atoms with Crippen LogP contribution in [0.4, 0.5) is 19.0 Å². The number of aliphatic hydroxyl groups is 1. The predicted octanol–water partition coefficient (Wildman–Crippen LogP) is 1.92. The molecule has 0 aliphatic rings. The highest BCUT2D eigenvalue weighted by Crippen LogP contribution is 2.44. The summed E-state index contributed by atoms with van der Waals surface area (Å²) < 4.78 is 44.6. The Morgan fingerprint density at radius 1 is 1.17 bits per heavy atom. The highest BCUT2D eigenvalue weighted by Gasteiger charge is 2.59. The van der Waals surface area contributed by atoms with Gasteiger partial charge in [-0.3, -0.25) is 4.40 Å². The maximum atomic E-state index is 14.1. The number of imidazole rings is 1. The van der Waals surface area contributed by atoms with Gasteiger partial charge in [-0.25, -0.2) is 14.6 Å². The SMILES string of the molecule is Cc1cn2c(-c3cc(C(O)(c4nnnn4C)C(F)(F)F)ccc3C)cnc2c(N)n1. The fraction of sp³-hybridized carbons (Fsp3) is 0.278. The van der Waals surface area contributed by atoms with Crippen molar-refractivity contribution in [2.24, 2.45) is 7.05 Å². The molecule has 1 aromatic carbocycles. The van der Waals surface area contributed by atoms with Crippen LogP contribution in [-0.2, 0) is 12.6 Å². The number of aryl methyl sites for hydroxylation is 3. The Hall–Kier alpha value is -3.54. The maximum Gasteiger partial charge on any atom is 0.429 e. The lowest BCUT2D eigenvalue weighted by atomic mass is 9.89. The Balaban J connectivity index is 1.98. The van der Waals surface area contributed by atoms with Gasteiger partial charge in [-0.2, -0.15) is 13.2 Å². The summed E-state index contributed by atoms with van der Waals surface area (Å²) in [5.74, 6) is -0.542. The van der Waals surface area contributed by atoms with Crippen LogP contribution >= 0.6 is 0 Å². The molecule has 0 fully saturated rings. The molecule has 4 rings (SSSR count). The summed E-state index contributed by atoms with van der Waals surface area (Å²) in [4.78, 5) is 8.38. The van der Waals surface area contributed by atoms with Gasteiger partial charge < -0.3 is 10.8 Å². The smallest absolute Gasteiger partial charge is 0.381 e. The van der Waals surface area contributed by atoms with Crippen molar-refractivity contribution in [2.45, 2.75) is 25.6 Å². The van der Waals surface area contributed by atoms with Crippen LogP contribution in [0, 0.1) is 13.8 Å². The van der Waals surface area contributed by atoms with E-state index in [0.717, 1.165) is 4.68 Å². The minimum Gasteiger partial charge on any atom is -0.381 e. The van der Waals surface area contributed by atoms with E-state index in [2.05, 4.69) is 25.5 Å². The second-order valence-electron chi connectivity index (χ2n) is 6.97. The summed E-state index contributed by atoms with van der Waals surface area (Å²) in [5.41, 5.74) is 4.68. The topological polar surface area (TPSA) is 120 Å². The largest absolute Gasteiger partial charge is 0.429 e. The molecule has 0 radical (unpaired) electrons. The molecule has 0 amide bonds. The molecule has 0 spiro atoms. The normalized spacial score (nSPS) is 14.2. The van der Waals surface area contributed by atoms with Crippen molar-refractivity contribution in [1.82, 2.24) is 34.6 Å². The van der Waals surface area contributed by atoms with Gasteiger partial charge in [0.1, 0.15) is 0 Å². The number of halogens is 3. The number of tetrazole rings is 1. The first-order valence-corrected chi connectivity index (χ1v) is 8.77. The summed E-state index contributed by atoms with van der Waals surface area (Å²) in [6.07, 6.45) is -1.90. The van der Waals surface area contributed by atoms with Gasteiger partial charge >= 0.3 is 6.18 Å². The molecule has 9 nitrogen and oxygen atoms in total. The standard InChI is InChI=1S/C18H17F3N8O/c1-9-4-5-11(17(30,18(19,20)21)16-25-26-27-28(16)3)6-12(9)13-7-23-15-14(22)24-10(2)8-29(13)15/h4-8,30H,1-3H3,(H2,22,24). The molecule has 4 aromatic rings. The number of hydrogen-bond donors (Lipinski definition) is 2. The highest BCUT2D eigenvalue weighted by atomic mass is 19.4. The molecule has 3 heterocycles. The quantitative estimate of drug-likeness (QED) is 0.521. The first-order chi connectivity index (χ1) is 14.0. The van der Waals surface area contributed by atoms with E-state index in [1.165, 1.54) is 31.4 Å². The zero-order valence-corrected chi connectivity index (χ0v) is 16.2. The van der Waals surface area contributed by atoms with Gasteiger partial charge in [0.15, 0.2) is 17.3 Å². The molecule has 0 aliphatic heterocycles. The number of rotatable bonds is 3. The first kappa shape index (κ1) is 19.8. The van der Waals surface area contributed by atoms with Crippen molar-refractivity contribution >= 4 is 11.5 Å². The molecule has 30 heavy (non-hydrogen) atoms. The lowest BCUT2D eigenvalue weighted by Crippen LogP contribution is -2.45. The van der Waals surface area contributed by atoms with Gasteiger partial charge in [-0.05, 0) is 35.9 Å². The van der Waals surface area contributed by atoms with Gasteiger partial charge in [0.2, 0.25) is 5.60 Å². The van der Waals surface area contributed by atoms with Crippen LogP contribution in [0.25, 0.3) is 16.9 Å². The second kappa shape index (κ2) is 6.49. The number of nitrogen functional groups attached to an aromatic ring is 1. The van der Waals surface area contributed by atoms with E-state index in [4.69, 9.17) is 5.73 Å². The molecule has 3 N–H and O–H groups in total. The number of nitrogens with zero attached hydrogens (tertiary/aromatic N) is 7. The monoisotopic (exact) mass is 418 g/mol. The Bertz CT molecular complexity index is 1260. The van der Waals surface area contributed by atoms with Crippen LogP contribution in [0.5, 0.6) is 0 Å². The molecular weight excluding hydrogens is 401 g/mol. The summed E-state index contributed by atoms with van der Waals surface area (Å²) in [6.45, 7) is 3.48. The van der Waals surface area contributed by atoms with Crippen LogP contribution in [0.1, 0.15) is 22.6 Å². The molecule has 1 atom stereocenters. The molecule has 0 saturated carbocycles. The van der Waals surface area contributed by atoms with Crippen molar-refractivity contribution in [3.8, 4) is 11.3 Å². The van der Waals surface area contributed by atoms with E-state index in [-0.39, 0.29) is 5.82 Å². The van der Waals surface area contributed by atoms with E-state index in [9.17, 15) is 18.3 Å². The van der Waals surface area contributed by atoms with E-state index < -0.39 is 23.2 Å². The minimum absolute atomic E-state index is 0.201. The van der Waals surface area contributed by atoms with E-state index in [1.807, 2.05) is 0 Å². The molecule has 0 saturated heterocycles. The third kappa shape index (κ3) is 2.79. The Kier molecular flexibility index (Phi) is 4.27. The minimum atomic E-state index is -5.08. The van der Waals surface area contributed by atoms with Gasteiger partial charge in [0.05, 0.1) is 17.6 Å². The zero-order valence-electron chi connectivity index (χ0n) is 16.2. The molecule has 1 unspecified atom stereocenters. The van der Waals surface area contributed by atoms with Crippen LogP contribution in [0.2, 0.25) is 0 Å². The molecule has 0 aliphatic carbocycles. The average Bonchev–Trinajstić information content (AvgIpc) is 3.27. The van der Waals surface area contributed by atoms with Crippen molar-refractivity contribution in [3.05, 3.63) is 53.2 Å². The molecular formula is C18H17F3N8O. The predicted molar refractivity (Wildman–Crippen MR) is 100 cm³/mol. The van der Waals surface area contributed by atoms with Crippen LogP contribution in [0.15, 0.2) is 30.6 Å². The first-order valence-electron chi connectivity index (χ1n) is 8.77. The Morgan fingerprint density at radius 2 is 1.90 bits per heavy atom. The number of alkyl halides is 3.